The number of ether oxygens (including phenoxy) is 1. The number of aliphatic hydroxyl groups is 1. The highest BCUT2D eigenvalue weighted by Crippen LogP contribution is 2.28. The molecule has 6 nitrogen and oxygen atoms in total. The number of methoxy groups -OCH3 is 1. The van der Waals surface area contributed by atoms with Crippen molar-refractivity contribution >= 4 is 33.3 Å². The van der Waals surface area contributed by atoms with E-state index in [1.165, 1.54) is 0 Å². The van der Waals surface area contributed by atoms with Gasteiger partial charge in [-0.15, -0.1) is 11.3 Å². The molecule has 0 radical (unpaired) electrons. The third-order valence-corrected chi connectivity index (χ3v) is 3.54. The van der Waals surface area contributed by atoms with Crippen LogP contribution in [-0.2, 0) is 4.74 Å². The van der Waals surface area contributed by atoms with Crippen molar-refractivity contribution in [2.24, 2.45) is 0 Å². The van der Waals surface area contributed by atoms with E-state index in [0.29, 0.717) is 19.1 Å². The smallest absolute Gasteiger partial charge is 0.225 e. The summed E-state index contributed by atoms with van der Waals surface area (Å²) in [7, 11) is 5.26. The Morgan fingerprint density at radius 2 is 2.32 bits per heavy atom. The maximum Gasteiger partial charge on any atom is 0.225 e. The van der Waals surface area contributed by atoms with Gasteiger partial charge in [0.25, 0.3) is 0 Å². The lowest BCUT2D eigenvalue weighted by molar-refractivity contribution is 0.0694. The number of hydrogen-bond donors (Lipinski definition) is 2. The highest BCUT2D eigenvalue weighted by Gasteiger charge is 2.15. The Labute approximate surface area is 116 Å². The number of aliphatic hydroxyl groups excluding tert-OH is 1. The van der Waals surface area contributed by atoms with E-state index in [9.17, 15) is 5.11 Å². The third-order valence-electron chi connectivity index (χ3n) is 2.73. The monoisotopic (exact) mass is 282 g/mol. The van der Waals surface area contributed by atoms with Crippen LogP contribution >= 0.6 is 11.3 Å². The van der Waals surface area contributed by atoms with Crippen LogP contribution in [0.4, 0.5) is 11.8 Å². The lowest BCUT2D eigenvalue weighted by atomic mass is 10.3. The van der Waals surface area contributed by atoms with Crippen LogP contribution in [0, 0.1) is 0 Å². The summed E-state index contributed by atoms with van der Waals surface area (Å²) in [5.41, 5.74) is 0. The quantitative estimate of drug-likeness (QED) is 0.829. The highest BCUT2D eigenvalue weighted by molar-refractivity contribution is 7.16. The predicted octanol–water partition coefficient (Wildman–Crippen LogP) is 1.18. The van der Waals surface area contributed by atoms with Crippen LogP contribution in [0.1, 0.15) is 0 Å². The molecule has 0 aromatic carbocycles. The number of nitrogens with one attached hydrogen (secondary N) is 1. The number of hydrogen-bond acceptors (Lipinski definition) is 7. The average molecular weight is 282 g/mol. The minimum atomic E-state index is -0.545. The Morgan fingerprint density at radius 1 is 1.53 bits per heavy atom. The number of rotatable bonds is 6. The standard InChI is InChI=1S/C12H18N4O2S/c1-13-12-14-10(9-4-5-19-11(9)15-12)16(2)6-8(17)7-18-3/h4-5,8,17H,6-7H2,1-3H3,(H,13,14,15). The molecule has 2 aromatic rings. The Hall–Kier alpha value is -1.44. The first-order valence-electron chi connectivity index (χ1n) is 5.96. The van der Waals surface area contributed by atoms with Gasteiger partial charge in [-0.3, -0.25) is 0 Å². The molecule has 2 heterocycles. The van der Waals surface area contributed by atoms with Crippen LogP contribution in [-0.4, -0.2) is 55.5 Å². The average Bonchev–Trinajstić information content (AvgIpc) is 2.85. The number of likely N-dealkylation sites (N-methyl/N-ethyl adjacent to an activating group) is 1. The third kappa shape index (κ3) is 3.12. The van der Waals surface area contributed by atoms with Crippen LogP contribution < -0.4 is 10.2 Å². The van der Waals surface area contributed by atoms with Crippen LogP contribution in [0.3, 0.4) is 0 Å². The first-order chi connectivity index (χ1) is 9.15. The maximum atomic E-state index is 9.81. The van der Waals surface area contributed by atoms with Gasteiger partial charge in [0.1, 0.15) is 10.6 Å². The van der Waals surface area contributed by atoms with Crippen LogP contribution in [0.25, 0.3) is 10.2 Å². The molecule has 7 heteroatoms. The lowest BCUT2D eigenvalue weighted by Crippen LogP contribution is -2.32. The molecule has 2 N–H and O–H groups in total. The summed E-state index contributed by atoms with van der Waals surface area (Å²) >= 11 is 1.57. The zero-order valence-corrected chi connectivity index (χ0v) is 12.1. The zero-order valence-electron chi connectivity index (χ0n) is 11.3. The first-order valence-corrected chi connectivity index (χ1v) is 6.84. The zero-order chi connectivity index (χ0) is 13.8. The SMILES string of the molecule is CNc1nc(N(C)CC(O)COC)c2ccsc2n1. The van der Waals surface area contributed by atoms with E-state index in [-0.39, 0.29) is 0 Å². The van der Waals surface area contributed by atoms with Gasteiger partial charge in [-0.1, -0.05) is 0 Å². The Kier molecular flexibility index (Phi) is 4.52. The molecule has 2 rings (SSSR count). The molecular weight excluding hydrogens is 264 g/mol. The second-order valence-electron chi connectivity index (χ2n) is 4.25. The predicted molar refractivity (Wildman–Crippen MR) is 78.1 cm³/mol. The van der Waals surface area contributed by atoms with Crippen molar-refractivity contribution in [2.45, 2.75) is 6.10 Å². The highest BCUT2D eigenvalue weighted by atomic mass is 32.1. The van der Waals surface area contributed by atoms with Crippen molar-refractivity contribution in [1.29, 1.82) is 0 Å². The molecule has 0 aliphatic rings. The number of nitrogens with zero attached hydrogens (tertiary/aromatic N) is 3. The summed E-state index contributed by atoms with van der Waals surface area (Å²) in [5.74, 6) is 1.39. The van der Waals surface area contributed by atoms with E-state index in [1.807, 2.05) is 23.4 Å². The fraction of sp³-hybridized carbons (Fsp3) is 0.500. The topological polar surface area (TPSA) is 70.5 Å². The Balaban J connectivity index is 2.29. The van der Waals surface area contributed by atoms with E-state index in [0.717, 1.165) is 16.0 Å². The summed E-state index contributed by atoms with van der Waals surface area (Å²) in [5, 5.41) is 15.7. The first kappa shape index (κ1) is 14.0. The van der Waals surface area contributed by atoms with Gasteiger partial charge in [-0.2, -0.15) is 4.98 Å². The van der Waals surface area contributed by atoms with Gasteiger partial charge in [0, 0.05) is 27.7 Å². The number of aromatic nitrogens is 2. The molecular formula is C12H18N4O2S. The Bertz CT molecular complexity index is 546. The van der Waals surface area contributed by atoms with E-state index < -0.39 is 6.10 Å². The number of thiophene rings is 1. The van der Waals surface area contributed by atoms with Gasteiger partial charge in [-0.25, -0.2) is 4.98 Å². The molecule has 1 atom stereocenters. The van der Waals surface area contributed by atoms with Gasteiger partial charge in [0.2, 0.25) is 5.95 Å². The van der Waals surface area contributed by atoms with Gasteiger partial charge in [-0.05, 0) is 11.4 Å². The maximum absolute atomic E-state index is 9.81. The van der Waals surface area contributed by atoms with Gasteiger partial charge < -0.3 is 20.1 Å². The van der Waals surface area contributed by atoms with E-state index in [4.69, 9.17) is 4.74 Å². The lowest BCUT2D eigenvalue weighted by Gasteiger charge is -2.22. The molecule has 0 spiro atoms. The van der Waals surface area contributed by atoms with Gasteiger partial charge in [0.05, 0.1) is 18.1 Å². The molecule has 0 fully saturated rings. The summed E-state index contributed by atoms with van der Waals surface area (Å²) in [6.45, 7) is 0.764. The van der Waals surface area contributed by atoms with Crippen molar-refractivity contribution in [3.05, 3.63) is 11.4 Å². The molecule has 2 aromatic heterocycles. The molecule has 0 amide bonds. The van der Waals surface area contributed by atoms with Crippen molar-refractivity contribution in [3.63, 3.8) is 0 Å². The molecule has 0 aliphatic carbocycles. The molecule has 104 valence electrons. The normalized spacial score (nSPS) is 12.6. The molecule has 0 saturated carbocycles. The van der Waals surface area contributed by atoms with Gasteiger partial charge >= 0.3 is 0 Å². The second kappa shape index (κ2) is 6.14. The minimum Gasteiger partial charge on any atom is -0.389 e. The molecule has 0 saturated heterocycles. The second-order valence-corrected chi connectivity index (χ2v) is 5.14. The summed E-state index contributed by atoms with van der Waals surface area (Å²) in [6.07, 6.45) is -0.545. The van der Waals surface area contributed by atoms with Crippen LogP contribution in [0.2, 0.25) is 0 Å². The molecule has 0 bridgehead atoms. The Morgan fingerprint density at radius 3 is 3.00 bits per heavy atom. The molecule has 19 heavy (non-hydrogen) atoms. The summed E-state index contributed by atoms with van der Waals surface area (Å²) in [4.78, 5) is 11.7. The fourth-order valence-corrected chi connectivity index (χ4v) is 2.65. The van der Waals surface area contributed by atoms with Crippen molar-refractivity contribution in [3.8, 4) is 0 Å². The van der Waals surface area contributed by atoms with E-state index in [2.05, 4.69) is 15.3 Å². The number of fused-ring (bicyclic) bond motifs is 1. The number of anilines is 2. The summed E-state index contributed by atoms with van der Waals surface area (Å²) < 4.78 is 4.94. The van der Waals surface area contributed by atoms with Crippen LogP contribution in [0.5, 0.6) is 0 Å². The van der Waals surface area contributed by atoms with Gasteiger partial charge in [0.15, 0.2) is 0 Å². The van der Waals surface area contributed by atoms with Crippen LogP contribution in [0.15, 0.2) is 11.4 Å². The molecule has 1 unspecified atom stereocenters. The largest absolute Gasteiger partial charge is 0.389 e. The van der Waals surface area contributed by atoms with Crippen molar-refractivity contribution in [1.82, 2.24) is 9.97 Å². The fourth-order valence-electron chi connectivity index (χ4n) is 1.89. The van der Waals surface area contributed by atoms with Crippen molar-refractivity contribution < 1.29 is 9.84 Å². The molecule has 0 aliphatic heterocycles. The van der Waals surface area contributed by atoms with Crippen molar-refractivity contribution in [2.75, 3.05) is 44.6 Å². The summed E-state index contributed by atoms with van der Waals surface area (Å²) in [6, 6.07) is 1.99. The van der Waals surface area contributed by atoms with E-state index in [1.54, 1.807) is 25.5 Å². The minimum absolute atomic E-state index is 0.307. The van der Waals surface area contributed by atoms with E-state index >= 15 is 0 Å².